The SMILES string of the molecule is Cc1cnc(N(C)S(C)(=O)=O)c(CNc2nc(Nc3ccc4c(c3)CC(=O)N4)ncc2C(F)(F)F)n1. The van der Waals surface area contributed by atoms with Crippen LogP contribution in [0.3, 0.4) is 0 Å². The summed E-state index contributed by atoms with van der Waals surface area (Å²) in [7, 11) is -2.42. The van der Waals surface area contributed by atoms with Gasteiger partial charge < -0.3 is 16.0 Å². The molecule has 0 fully saturated rings. The molecule has 36 heavy (non-hydrogen) atoms. The molecule has 0 saturated heterocycles. The molecule has 0 radical (unpaired) electrons. The molecule has 3 heterocycles. The zero-order valence-corrected chi connectivity index (χ0v) is 20.1. The predicted octanol–water partition coefficient (Wildman–Crippen LogP) is 2.84. The predicted molar refractivity (Wildman–Crippen MR) is 126 cm³/mol. The summed E-state index contributed by atoms with van der Waals surface area (Å²) >= 11 is 0. The van der Waals surface area contributed by atoms with E-state index < -0.39 is 27.6 Å². The molecule has 3 aromatic rings. The number of aromatic nitrogens is 4. The Morgan fingerprint density at radius 1 is 1.17 bits per heavy atom. The minimum absolute atomic E-state index is 0.0298. The number of nitrogens with zero attached hydrogens (tertiary/aromatic N) is 5. The molecule has 1 amide bonds. The van der Waals surface area contributed by atoms with Crippen molar-refractivity contribution in [3.05, 3.63) is 53.1 Å². The standard InChI is InChI=1S/C21H21F3N8O3S/c1-11-8-26-19(32(2)36(3,34)35)16(28-11)10-25-18-14(21(22,23)24)9-27-20(31-18)29-13-4-5-15-12(6-13)7-17(33)30-15/h4-6,8-9H,7,10H2,1-3H3,(H,30,33)(H2,25,27,29,31). The maximum Gasteiger partial charge on any atom is 0.421 e. The zero-order chi connectivity index (χ0) is 26.3. The van der Waals surface area contributed by atoms with Crippen molar-refractivity contribution in [1.29, 1.82) is 0 Å². The number of alkyl halides is 3. The molecule has 0 saturated carbocycles. The molecular formula is C21H21F3N8O3S. The van der Waals surface area contributed by atoms with E-state index in [0.29, 0.717) is 23.3 Å². The Labute approximate surface area is 204 Å². The number of halogens is 3. The van der Waals surface area contributed by atoms with Crippen LogP contribution in [0, 0.1) is 6.92 Å². The van der Waals surface area contributed by atoms with Gasteiger partial charge in [0.15, 0.2) is 5.82 Å². The smallest absolute Gasteiger partial charge is 0.364 e. The molecule has 1 aliphatic rings. The lowest BCUT2D eigenvalue weighted by atomic mass is 10.1. The highest BCUT2D eigenvalue weighted by Gasteiger charge is 2.35. The van der Waals surface area contributed by atoms with Gasteiger partial charge in [-0.05, 0) is 30.7 Å². The van der Waals surface area contributed by atoms with E-state index in [0.717, 1.165) is 16.1 Å². The van der Waals surface area contributed by atoms with Crippen LogP contribution in [0.5, 0.6) is 0 Å². The van der Waals surface area contributed by atoms with Gasteiger partial charge in [0.2, 0.25) is 21.9 Å². The van der Waals surface area contributed by atoms with Gasteiger partial charge in [-0.25, -0.2) is 18.4 Å². The number of carbonyl (C=O) groups excluding carboxylic acids is 1. The maximum absolute atomic E-state index is 13.7. The molecule has 0 aliphatic carbocycles. The lowest BCUT2D eigenvalue weighted by Crippen LogP contribution is -2.28. The third kappa shape index (κ3) is 5.45. The van der Waals surface area contributed by atoms with E-state index in [1.807, 2.05) is 0 Å². The number of hydrogen-bond acceptors (Lipinski definition) is 9. The number of hydrogen-bond donors (Lipinski definition) is 3. The van der Waals surface area contributed by atoms with E-state index in [1.54, 1.807) is 25.1 Å². The number of rotatable bonds is 7. The molecular weight excluding hydrogens is 501 g/mol. The minimum atomic E-state index is -4.76. The van der Waals surface area contributed by atoms with Gasteiger partial charge in [0.1, 0.15) is 17.1 Å². The fraction of sp³-hybridized carbons (Fsp3) is 0.286. The van der Waals surface area contributed by atoms with Gasteiger partial charge in [0, 0.05) is 24.6 Å². The topological polar surface area (TPSA) is 142 Å². The summed E-state index contributed by atoms with van der Waals surface area (Å²) < 4.78 is 65.8. The molecule has 3 N–H and O–H groups in total. The lowest BCUT2D eigenvalue weighted by Gasteiger charge is -2.20. The highest BCUT2D eigenvalue weighted by atomic mass is 32.2. The van der Waals surface area contributed by atoms with Crippen molar-refractivity contribution in [2.75, 3.05) is 33.6 Å². The summed E-state index contributed by atoms with van der Waals surface area (Å²) in [5, 5.41) is 8.13. The first-order chi connectivity index (χ1) is 16.8. The van der Waals surface area contributed by atoms with Crippen LogP contribution in [0.4, 0.5) is 42.1 Å². The van der Waals surface area contributed by atoms with E-state index in [9.17, 15) is 26.4 Å². The van der Waals surface area contributed by atoms with Crippen LogP contribution in [-0.2, 0) is 34.0 Å². The molecule has 4 rings (SSSR count). The van der Waals surface area contributed by atoms with Crippen LogP contribution in [0.1, 0.15) is 22.5 Å². The molecule has 0 bridgehead atoms. The monoisotopic (exact) mass is 522 g/mol. The molecule has 190 valence electrons. The number of anilines is 5. The van der Waals surface area contributed by atoms with Crippen molar-refractivity contribution in [3.8, 4) is 0 Å². The van der Waals surface area contributed by atoms with Crippen LogP contribution in [0.2, 0.25) is 0 Å². The second kappa shape index (κ2) is 9.22. The third-order valence-electron chi connectivity index (χ3n) is 5.24. The summed E-state index contributed by atoms with van der Waals surface area (Å²) in [5.41, 5.74) is 1.32. The Bertz CT molecular complexity index is 1450. The van der Waals surface area contributed by atoms with Gasteiger partial charge in [-0.3, -0.25) is 14.1 Å². The molecule has 0 atom stereocenters. The number of nitrogens with one attached hydrogen (secondary N) is 3. The number of benzene rings is 1. The Morgan fingerprint density at radius 3 is 2.61 bits per heavy atom. The summed E-state index contributed by atoms with van der Waals surface area (Å²) in [6.45, 7) is 1.32. The third-order valence-corrected chi connectivity index (χ3v) is 6.41. The van der Waals surface area contributed by atoms with Gasteiger partial charge in [-0.15, -0.1) is 0 Å². The normalized spacial score (nSPS) is 13.2. The first-order valence-corrected chi connectivity index (χ1v) is 12.3. The first-order valence-electron chi connectivity index (χ1n) is 10.5. The van der Waals surface area contributed by atoms with Crippen LogP contribution in [0.15, 0.2) is 30.6 Å². The van der Waals surface area contributed by atoms with Crippen molar-refractivity contribution < 1.29 is 26.4 Å². The second-order valence-corrected chi connectivity index (χ2v) is 10.1. The van der Waals surface area contributed by atoms with E-state index in [-0.39, 0.29) is 36.3 Å². The molecule has 1 aliphatic heterocycles. The van der Waals surface area contributed by atoms with Gasteiger partial charge in [-0.2, -0.15) is 18.2 Å². The average Bonchev–Trinajstić information content (AvgIpc) is 3.15. The van der Waals surface area contributed by atoms with Crippen molar-refractivity contribution in [2.24, 2.45) is 0 Å². The van der Waals surface area contributed by atoms with Crippen LogP contribution < -0.4 is 20.3 Å². The zero-order valence-electron chi connectivity index (χ0n) is 19.3. The molecule has 11 nitrogen and oxygen atoms in total. The van der Waals surface area contributed by atoms with Gasteiger partial charge in [0.25, 0.3) is 0 Å². The van der Waals surface area contributed by atoms with Gasteiger partial charge in [0.05, 0.1) is 31.1 Å². The molecule has 2 aromatic heterocycles. The largest absolute Gasteiger partial charge is 0.421 e. The van der Waals surface area contributed by atoms with Gasteiger partial charge in [-0.1, -0.05) is 0 Å². The number of carbonyl (C=O) groups is 1. The fourth-order valence-corrected chi connectivity index (χ4v) is 3.91. The first kappa shape index (κ1) is 25.1. The molecule has 0 unspecified atom stereocenters. The van der Waals surface area contributed by atoms with Crippen molar-refractivity contribution in [3.63, 3.8) is 0 Å². The van der Waals surface area contributed by atoms with E-state index in [1.165, 1.54) is 13.2 Å². The summed E-state index contributed by atoms with van der Waals surface area (Å²) in [4.78, 5) is 27.6. The quantitative estimate of drug-likeness (QED) is 0.427. The maximum atomic E-state index is 13.7. The van der Waals surface area contributed by atoms with E-state index in [2.05, 4.69) is 35.9 Å². The Hall–Kier alpha value is -4.01. The van der Waals surface area contributed by atoms with Crippen LogP contribution in [-0.4, -0.2) is 47.6 Å². The summed E-state index contributed by atoms with van der Waals surface area (Å²) in [5.74, 6) is -0.835. The van der Waals surface area contributed by atoms with Crippen LogP contribution in [0.25, 0.3) is 0 Å². The highest BCUT2D eigenvalue weighted by molar-refractivity contribution is 7.92. The number of aryl methyl sites for hydroxylation is 1. The number of fused-ring (bicyclic) bond motifs is 1. The molecule has 0 spiro atoms. The van der Waals surface area contributed by atoms with E-state index in [4.69, 9.17) is 0 Å². The minimum Gasteiger partial charge on any atom is -0.364 e. The Morgan fingerprint density at radius 2 is 1.92 bits per heavy atom. The summed E-state index contributed by atoms with van der Waals surface area (Å²) in [6.07, 6.45) is -1.60. The van der Waals surface area contributed by atoms with Crippen LogP contribution >= 0.6 is 0 Å². The van der Waals surface area contributed by atoms with Crippen molar-refractivity contribution in [1.82, 2.24) is 19.9 Å². The van der Waals surface area contributed by atoms with Gasteiger partial charge >= 0.3 is 6.18 Å². The summed E-state index contributed by atoms with van der Waals surface area (Å²) in [6, 6.07) is 4.98. The lowest BCUT2D eigenvalue weighted by molar-refractivity contribution is -0.137. The fourth-order valence-electron chi connectivity index (χ4n) is 3.45. The molecule has 1 aromatic carbocycles. The van der Waals surface area contributed by atoms with E-state index >= 15 is 0 Å². The Balaban J connectivity index is 1.63. The van der Waals surface area contributed by atoms with Crippen molar-refractivity contribution in [2.45, 2.75) is 26.1 Å². The number of sulfonamides is 1. The number of amides is 1. The average molecular weight is 523 g/mol. The van der Waals surface area contributed by atoms with Crippen molar-refractivity contribution >= 4 is 44.9 Å². The Kier molecular flexibility index (Phi) is 6.43. The molecule has 15 heteroatoms. The highest BCUT2D eigenvalue weighted by Crippen LogP contribution is 2.35. The second-order valence-electron chi connectivity index (χ2n) is 8.04.